The molecule has 0 amide bonds. The summed E-state index contributed by atoms with van der Waals surface area (Å²) in [6, 6.07) is 13.1. The lowest BCUT2D eigenvalue weighted by Gasteiger charge is -2.09. The third-order valence-electron chi connectivity index (χ3n) is 4.14. The smallest absolute Gasteiger partial charge is 0.292 e. The van der Waals surface area contributed by atoms with Gasteiger partial charge in [0.15, 0.2) is 5.82 Å². The summed E-state index contributed by atoms with van der Waals surface area (Å²) in [7, 11) is 0. The number of nitro benzene ring substituents is 1. The topological polar surface area (TPSA) is 98.8 Å². The summed E-state index contributed by atoms with van der Waals surface area (Å²) >= 11 is 0. The quantitative estimate of drug-likeness (QED) is 0.568. The van der Waals surface area contributed by atoms with Gasteiger partial charge < -0.3 is 5.32 Å². The van der Waals surface area contributed by atoms with E-state index in [1.165, 1.54) is 6.07 Å². The highest BCUT2D eigenvalue weighted by Gasteiger charge is 2.25. The van der Waals surface area contributed by atoms with Gasteiger partial charge in [0.2, 0.25) is 0 Å². The molecule has 1 aromatic heterocycles. The molecule has 0 aliphatic heterocycles. The normalized spacial score (nSPS) is 13.6. The number of nitrogens with zero attached hydrogens (tertiary/aromatic N) is 5. The lowest BCUT2D eigenvalue weighted by atomic mass is 10.1. The van der Waals surface area contributed by atoms with Gasteiger partial charge >= 0.3 is 0 Å². The minimum absolute atomic E-state index is 0.0602. The van der Waals surface area contributed by atoms with E-state index < -0.39 is 0 Å². The van der Waals surface area contributed by atoms with Crippen LogP contribution in [0.4, 0.5) is 11.4 Å². The zero-order chi connectivity index (χ0) is 17.4. The fraction of sp³-hybridized carbons (Fsp3) is 0.235. The van der Waals surface area contributed by atoms with Crippen molar-refractivity contribution >= 4 is 11.4 Å². The predicted octanol–water partition coefficient (Wildman–Crippen LogP) is 3.12. The largest absolute Gasteiger partial charge is 0.377 e. The Morgan fingerprint density at radius 1 is 1.20 bits per heavy atom. The molecule has 1 N–H and O–H groups in total. The molecule has 0 radical (unpaired) electrons. The lowest BCUT2D eigenvalue weighted by Crippen LogP contribution is -2.05. The summed E-state index contributed by atoms with van der Waals surface area (Å²) < 4.78 is 1.63. The van der Waals surface area contributed by atoms with Crippen LogP contribution in [0.2, 0.25) is 0 Å². The van der Waals surface area contributed by atoms with E-state index in [-0.39, 0.29) is 10.6 Å². The molecule has 1 heterocycles. The number of tetrazole rings is 1. The van der Waals surface area contributed by atoms with Crippen molar-refractivity contribution in [2.24, 2.45) is 0 Å². The molecule has 25 heavy (non-hydrogen) atoms. The van der Waals surface area contributed by atoms with Crippen molar-refractivity contribution in [1.29, 1.82) is 0 Å². The fourth-order valence-corrected chi connectivity index (χ4v) is 2.62. The number of hydrogen-bond donors (Lipinski definition) is 1. The zero-order valence-electron chi connectivity index (χ0n) is 13.6. The Morgan fingerprint density at radius 3 is 2.64 bits per heavy atom. The first-order chi connectivity index (χ1) is 12.1. The molecule has 2 aromatic carbocycles. The van der Waals surface area contributed by atoms with Crippen molar-refractivity contribution in [3.63, 3.8) is 0 Å². The van der Waals surface area contributed by atoms with Crippen molar-refractivity contribution in [1.82, 2.24) is 20.2 Å². The molecule has 0 atom stereocenters. The molecule has 8 heteroatoms. The van der Waals surface area contributed by atoms with Crippen molar-refractivity contribution in [2.75, 3.05) is 5.32 Å². The van der Waals surface area contributed by atoms with Gasteiger partial charge in [-0.1, -0.05) is 17.7 Å². The molecule has 0 spiro atoms. The van der Waals surface area contributed by atoms with Crippen LogP contribution >= 0.6 is 0 Å². The van der Waals surface area contributed by atoms with E-state index >= 15 is 0 Å². The monoisotopic (exact) mass is 336 g/mol. The molecule has 0 bridgehead atoms. The first-order valence-electron chi connectivity index (χ1n) is 8.02. The van der Waals surface area contributed by atoms with Crippen molar-refractivity contribution in [3.05, 3.63) is 58.1 Å². The number of aromatic nitrogens is 4. The van der Waals surface area contributed by atoms with E-state index in [1.54, 1.807) is 16.8 Å². The van der Waals surface area contributed by atoms with Crippen LogP contribution in [0.25, 0.3) is 17.1 Å². The van der Waals surface area contributed by atoms with Crippen LogP contribution < -0.4 is 5.32 Å². The number of nitro groups is 1. The van der Waals surface area contributed by atoms with Gasteiger partial charge in [0, 0.05) is 17.7 Å². The molecule has 1 aliphatic carbocycles. The van der Waals surface area contributed by atoms with E-state index in [0.29, 0.717) is 17.6 Å². The SMILES string of the molecule is Cc1ccc(-n2nnnc2-c2ccc([N+](=O)[O-])c(NC3CC3)c2)cc1. The highest BCUT2D eigenvalue weighted by atomic mass is 16.6. The maximum Gasteiger partial charge on any atom is 0.292 e. The Balaban J connectivity index is 1.76. The van der Waals surface area contributed by atoms with E-state index in [1.807, 2.05) is 31.2 Å². The first kappa shape index (κ1) is 15.3. The summed E-state index contributed by atoms with van der Waals surface area (Å²) in [6.07, 6.45) is 2.06. The maximum absolute atomic E-state index is 11.3. The number of benzene rings is 2. The van der Waals surface area contributed by atoms with Gasteiger partial charge in [-0.25, -0.2) is 0 Å². The average Bonchev–Trinajstić information content (AvgIpc) is 3.28. The maximum atomic E-state index is 11.3. The summed E-state index contributed by atoms with van der Waals surface area (Å²) in [5, 5.41) is 26.4. The number of rotatable bonds is 5. The minimum Gasteiger partial charge on any atom is -0.377 e. The van der Waals surface area contributed by atoms with E-state index in [9.17, 15) is 10.1 Å². The van der Waals surface area contributed by atoms with Crippen LogP contribution in [-0.4, -0.2) is 31.2 Å². The minimum atomic E-state index is -0.378. The van der Waals surface area contributed by atoms with Gasteiger partial charge in [-0.2, -0.15) is 4.68 Å². The second-order valence-corrected chi connectivity index (χ2v) is 6.16. The molecule has 3 aromatic rings. The molecular formula is C17H16N6O2. The highest BCUT2D eigenvalue weighted by Crippen LogP contribution is 2.34. The zero-order valence-corrected chi connectivity index (χ0v) is 13.6. The molecule has 1 fully saturated rings. The summed E-state index contributed by atoms with van der Waals surface area (Å²) in [4.78, 5) is 10.9. The highest BCUT2D eigenvalue weighted by molar-refractivity contribution is 5.72. The number of nitrogens with one attached hydrogen (secondary N) is 1. The van der Waals surface area contributed by atoms with E-state index in [0.717, 1.165) is 29.7 Å². The third-order valence-corrected chi connectivity index (χ3v) is 4.14. The molecule has 0 saturated heterocycles. The molecule has 126 valence electrons. The summed E-state index contributed by atoms with van der Waals surface area (Å²) in [6.45, 7) is 2.01. The molecular weight excluding hydrogens is 320 g/mol. The van der Waals surface area contributed by atoms with Gasteiger partial charge in [-0.15, -0.1) is 5.10 Å². The third kappa shape index (κ3) is 3.06. The Bertz CT molecular complexity index is 931. The lowest BCUT2D eigenvalue weighted by molar-refractivity contribution is -0.384. The van der Waals surface area contributed by atoms with Crippen LogP contribution in [0, 0.1) is 17.0 Å². The van der Waals surface area contributed by atoms with Gasteiger partial charge in [0.25, 0.3) is 5.69 Å². The Labute approximate surface area is 143 Å². The molecule has 8 nitrogen and oxygen atoms in total. The van der Waals surface area contributed by atoms with Crippen LogP contribution in [0.15, 0.2) is 42.5 Å². The number of aryl methyl sites for hydroxylation is 1. The van der Waals surface area contributed by atoms with Crippen molar-refractivity contribution in [3.8, 4) is 17.1 Å². The number of hydrogen-bond acceptors (Lipinski definition) is 6. The van der Waals surface area contributed by atoms with Crippen molar-refractivity contribution in [2.45, 2.75) is 25.8 Å². The van der Waals surface area contributed by atoms with Gasteiger partial charge in [0.05, 0.1) is 10.6 Å². The molecule has 4 rings (SSSR count). The standard InChI is InChI=1S/C17H16N6O2/c1-11-2-7-14(8-3-11)22-17(19-20-21-22)12-4-9-16(23(24)25)15(10-12)18-13-5-6-13/h2-4,7-10,13,18H,5-6H2,1H3. The summed E-state index contributed by atoms with van der Waals surface area (Å²) in [5.74, 6) is 0.539. The summed E-state index contributed by atoms with van der Waals surface area (Å²) in [5.41, 5.74) is 3.26. The molecule has 1 saturated carbocycles. The van der Waals surface area contributed by atoms with Crippen LogP contribution in [0.3, 0.4) is 0 Å². The van der Waals surface area contributed by atoms with Gasteiger partial charge in [-0.3, -0.25) is 10.1 Å². The van der Waals surface area contributed by atoms with Crippen LogP contribution in [-0.2, 0) is 0 Å². The van der Waals surface area contributed by atoms with Gasteiger partial charge in [-0.05, 0) is 54.5 Å². The fourth-order valence-electron chi connectivity index (χ4n) is 2.62. The second kappa shape index (κ2) is 5.97. The first-order valence-corrected chi connectivity index (χ1v) is 8.02. The van der Waals surface area contributed by atoms with Crippen LogP contribution in [0.5, 0.6) is 0 Å². The predicted molar refractivity (Wildman–Crippen MR) is 92.6 cm³/mol. The van der Waals surface area contributed by atoms with E-state index in [4.69, 9.17) is 0 Å². The Morgan fingerprint density at radius 2 is 1.96 bits per heavy atom. The second-order valence-electron chi connectivity index (χ2n) is 6.16. The molecule has 1 aliphatic rings. The molecule has 0 unspecified atom stereocenters. The average molecular weight is 336 g/mol. The van der Waals surface area contributed by atoms with Crippen LogP contribution in [0.1, 0.15) is 18.4 Å². The van der Waals surface area contributed by atoms with E-state index in [2.05, 4.69) is 20.8 Å². The van der Waals surface area contributed by atoms with Gasteiger partial charge in [0.1, 0.15) is 5.69 Å². The van der Waals surface area contributed by atoms with Crippen molar-refractivity contribution < 1.29 is 4.92 Å². The number of anilines is 1. The Kier molecular flexibility index (Phi) is 3.64. The Hall–Kier alpha value is -3.29.